The number of nitriles is 1. The standard InChI is InChI=1S/C13H16N2O2/c1-2-11(10-14)15-13(16)8-9-17-12-6-4-3-5-7-12/h3-7,11H,2,8-9H2,1H3,(H,15,16). The van der Waals surface area contributed by atoms with Crippen LogP contribution in [0.4, 0.5) is 0 Å². The Morgan fingerprint density at radius 1 is 1.47 bits per heavy atom. The van der Waals surface area contributed by atoms with Gasteiger partial charge in [0.2, 0.25) is 5.91 Å². The number of nitrogens with one attached hydrogen (secondary N) is 1. The molecule has 90 valence electrons. The summed E-state index contributed by atoms with van der Waals surface area (Å²) in [4.78, 5) is 11.4. The monoisotopic (exact) mass is 232 g/mol. The summed E-state index contributed by atoms with van der Waals surface area (Å²) in [5, 5.41) is 11.3. The largest absolute Gasteiger partial charge is 0.493 e. The Morgan fingerprint density at radius 3 is 2.76 bits per heavy atom. The van der Waals surface area contributed by atoms with Crippen molar-refractivity contribution in [2.24, 2.45) is 0 Å². The van der Waals surface area contributed by atoms with Crippen molar-refractivity contribution in [1.82, 2.24) is 5.32 Å². The molecule has 1 aromatic carbocycles. The summed E-state index contributed by atoms with van der Waals surface area (Å²) in [6, 6.07) is 10.9. The molecule has 4 nitrogen and oxygen atoms in total. The Balaban J connectivity index is 2.23. The van der Waals surface area contributed by atoms with Gasteiger partial charge in [-0.3, -0.25) is 4.79 Å². The molecule has 17 heavy (non-hydrogen) atoms. The maximum atomic E-state index is 11.4. The van der Waals surface area contributed by atoms with Crippen molar-refractivity contribution in [2.75, 3.05) is 6.61 Å². The number of hydrogen-bond acceptors (Lipinski definition) is 3. The van der Waals surface area contributed by atoms with Gasteiger partial charge in [0.05, 0.1) is 19.1 Å². The lowest BCUT2D eigenvalue weighted by atomic mass is 10.2. The smallest absolute Gasteiger partial charge is 0.224 e. The molecule has 0 saturated carbocycles. The van der Waals surface area contributed by atoms with Crippen molar-refractivity contribution >= 4 is 5.91 Å². The summed E-state index contributed by atoms with van der Waals surface area (Å²) in [5.74, 6) is 0.585. The fraction of sp³-hybridized carbons (Fsp3) is 0.385. The van der Waals surface area contributed by atoms with E-state index in [4.69, 9.17) is 10.00 Å². The van der Waals surface area contributed by atoms with E-state index in [-0.39, 0.29) is 12.3 Å². The molecule has 1 N–H and O–H groups in total. The summed E-state index contributed by atoms with van der Waals surface area (Å²) in [6.07, 6.45) is 0.870. The number of nitrogens with zero attached hydrogens (tertiary/aromatic N) is 1. The second-order valence-electron chi connectivity index (χ2n) is 3.57. The zero-order chi connectivity index (χ0) is 12.5. The second kappa shape index (κ2) is 7.29. The van der Waals surface area contributed by atoms with E-state index >= 15 is 0 Å². The molecule has 4 heteroatoms. The van der Waals surface area contributed by atoms with E-state index in [1.54, 1.807) is 0 Å². The highest BCUT2D eigenvalue weighted by atomic mass is 16.5. The molecule has 1 rings (SSSR count). The Hall–Kier alpha value is -2.02. The fourth-order valence-electron chi connectivity index (χ4n) is 1.27. The van der Waals surface area contributed by atoms with Crippen LogP contribution in [0.1, 0.15) is 19.8 Å². The molecule has 0 aliphatic rings. The van der Waals surface area contributed by atoms with Gasteiger partial charge in [-0.2, -0.15) is 5.26 Å². The van der Waals surface area contributed by atoms with Crippen molar-refractivity contribution in [3.63, 3.8) is 0 Å². The lowest BCUT2D eigenvalue weighted by Gasteiger charge is -2.09. The third kappa shape index (κ3) is 5.03. The van der Waals surface area contributed by atoms with E-state index in [0.29, 0.717) is 13.0 Å². The molecule has 1 aromatic rings. The highest BCUT2D eigenvalue weighted by Crippen LogP contribution is 2.08. The first kappa shape index (κ1) is 13.0. The molecular formula is C13H16N2O2. The maximum Gasteiger partial charge on any atom is 0.224 e. The van der Waals surface area contributed by atoms with Crippen LogP contribution < -0.4 is 10.1 Å². The lowest BCUT2D eigenvalue weighted by molar-refractivity contribution is -0.121. The molecule has 0 aliphatic carbocycles. The number of amides is 1. The third-order valence-electron chi connectivity index (χ3n) is 2.24. The zero-order valence-electron chi connectivity index (χ0n) is 9.85. The quantitative estimate of drug-likeness (QED) is 0.814. The average molecular weight is 232 g/mol. The molecule has 0 spiro atoms. The minimum Gasteiger partial charge on any atom is -0.493 e. The summed E-state index contributed by atoms with van der Waals surface area (Å²) in [7, 11) is 0. The molecule has 0 bridgehead atoms. The molecule has 0 aliphatic heterocycles. The third-order valence-corrected chi connectivity index (χ3v) is 2.24. The Bertz CT molecular complexity index is 384. The van der Waals surface area contributed by atoms with E-state index in [9.17, 15) is 4.79 Å². The van der Waals surface area contributed by atoms with Gasteiger partial charge in [0.15, 0.2) is 0 Å². The van der Waals surface area contributed by atoms with E-state index in [0.717, 1.165) is 5.75 Å². The summed E-state index contributed by atoms with van der Waals surface area (Å²) in [6.45, 7) is 2.17. The van der Waals surface area contributed by atoms with E-state index in [2.05, 4.69) is 5.32 Å². The Labute approximate surface area is 101 Å². The number of benzene rings is 1. The van der Waals surface area contributed by atoms with Crippen molar-refractivity contribution < 1.29 is 9.53 Å². The number of ether oxygens (including phenoxy) is 1. The Kier molecular flexibility index (Phi) is 5.59. The van der Waals surface area contributed by atoms with Gasteiger partial charge in [-0.05, 0) is 18.6 Å². The lowest BCUT2D eigenvalue weighted by Crippen LogP contribution is -2.33. The first-order valence-corrected chi connectivity index (χ1v) is 5.63. The van der Waals surface area contributed by atoms with Gasteiger partial charge in [-0.15, -0.1) is 0 Å². The average Bonchev–Trinajstić information content (AvgIpc) is 2.37. The van der Waals surface area contributed by atoms with Crippen LogP contribution in [-0.4, -0.2) is 18.6 Å². The van der Waals surface area contributed by atoms with E-state index in [1.807, 2.05) is 43.3 Å². The van der Waals surface area contributed by atoms with Crippen LogP contribution in [-0.2, 0) is 4.79 Å². The maximum absolute atomic E-state index is 11.4. The number of carbonyl (C=O) groups excluding carboxylic acids is 1. The van der Waals surface area contributed by atoms with E-state index < -0.39 is 6.04 Å². The van der Waals surface area contributed by atoms with Crippen LogP contribution in [0.25, 0.3) is 0 Å². The predicted molar refractivity (Wildman–Crippen MR) is 64.4 cm³/mol. The highest BCUT2D eigenvalue weighted by Gasteiger charge is 2.08. The fourth-order valence-corrected chi connectivity index (χ4v) is 1.27. The van der Waals surface area contributed by atoms with Crippen molar-refractivity contribution in [1.29, 1.82) is 5.26 Å². The van der Waals surface area contributed by atoms with Gasteiger partial charge in [-0.1, -0.05) is 25.1 Å². The van der Waals surface area contributed by atoms with Gasteiger partial charge in [0.25, 0.3) is 0 Å². The molecule has 0 saturated heterocycles. The zero-order valence-corrected chi connectivity index (χ0v) is 9.85. The summed E-state index contributed by atoms with van der Waals surface area (Å²) in [5.41, 5.74) is 0. The topological polar surface area (TPSA) is 62.1 Å². The molecule has 0 radical (unpaired) electrons. The van der Waals surface area contributed by atoms with Crippen LogP contribution in [0.2, 0.25) is 0 Å². The van der Waals surface area contributed by atoms with Crippen LogP contribution >= 0.6 is 0 Å². The molecule has 1 amide bonds. The van der Waals surface area contributed by atoms with Crippen LogP contribution in [0.5, 0.6) is 5.75 Å². The SMILES string of the molecule is CCC(C#N)NC(=O)CCOc1ccccc1. The summed E-state index contributed by atoms with van der Waals surface area (Å²) >= 11 is 0. The van der Waals surface area contributed by atoms with E-state index in [1.165, 1.54) is 0 Å². The molecule has 1 atom stereocenters. The number of hydrogen-bond donors (Lipinski definition) is 1. The molecule has 0 fully saturated rings. The predicted octanol–water partition coefficient (Wildman–Crippen LogP) is 1.87. The van der Waals surface area contributed by atoms with Crippen LogP contribution in [0, 0.1) is 11.3 Å². The van der Waals surface area contributed by atoms with Crippen LogP contribution in [0.15, 0.2) is 30.3 Å². The van der Waals surface area contributed by atoms with Crippen molar-refractivity contribution in [2.45, 2.75) is 25.8 Å². The number of carbonyl (C=O) groups is 1. The van der Waals surface area contributed by atoms with Gasteiger partial charge in [-0.25, -0.2) is 0 Å². The molecule has 0 heterocycles. The van der Waals surface area contributed by atoms with Gasteiger partial charge in [0, 0.05) is 0 Å². The van der Waals surface area contributed by atoms with Gasteiger partial charge < -0.3 is 10.1 Å². The van der Waals surface area contributed by atoms with Crippen molar-refractivity contribution in [3.8, 4) is 11.8 Å². The minimum atomic E-state index is -0.403. The highest BCUT2D eigenvalue weighted by molar-refractivity contribution is 5.76. The van der Waals surface area contributed by atoms with Crippen LogP contribution in [0.3, 0.4) is 0 Å². The Morgan fingerprint density at radius 2 is 2.18 bits per heavy atom. The molecule has 1 unspecified atom stereocenters. The molecule has 0 aromatic heterocycles. The first-order chi connectivity index (χ1) is 8.26. The first-order valence-electron chi connectivity index (χ1n) is 5.63. The minimum absolute atomic E-state index is 0.158. The normalized spacial score (nSPS) is 11.3. The number of para-hydroxylation sites is 1. The van der Waals surface area contributed by atoms with Crippen molar-refractivity contribution in [3.05, 3.63) is 30.3 Å². The summed E-state index contributed by atoms with van der Waals surface area (Å²) < 4.78 is 5.38. The molecular weight excluding hydrogens is 216 g/mol. The second-order valence-corrected chi connectivity index (χ2v) is 3.57. The number of rotatable bonds is 6. The van der Waals surface area contributed by atoms with Gasteiger partial charge >= 0.3 is 0 Å². The van der Waals surface area contributed by atoms with Gasteiger partial charge in [0.1, 0.15) is 11.8 Å².